The van der Waals surface area contributed by atoms with Crippen molar-refractivity contribution in [2.45, 2.75) is 44.4 Å². The molecule has 1 aromatic heterocycles. The Labute approximate surface area is 172 Å². The third-order valence-corrected chi connectivity index (χ3v) is 6.04. The molecular formula is C23H31N3O3. The van der Waals surface area contributed by atoms with Gasteiger partial charge in [0, 0.05) is 19.5 Å². The van der Waals surface area contributed by atoms with E-state index in [0.717, 1.165) is 62.0 Å². The molecule has 2 aliphatic rings. The summed E-state index contributed by atoms with van der Waals surface area (Å²) in [6, 6.07) is 8.00. The van der Waals surface area contributed by atoms with Crippen molar-refractivity contribution >= 4 is 5.91 Å². The molecule has 2 aromatic rings. The highest BCUT2D eigenvalue weighted by Gasteiger charge is 2.28. The van der Waals surface area contributed by atoms with E-state index in [9.17, 15) is 4.79 Å². The molecule has 2 saturated heterocycles. The molecule has 2 fully saturated rings. The second-order valence-electron chi connectivity index (χ2n) is 8.21. The number of oxazole rings is 1. The zero-order valence-corrected chi connectivity index (χ0v) is 17.3. The van der Waals surface area contributed by atoms with Gasteiger partial charge in [-0.15, -0.1) is 0 Å². The van der Waals surface area contributed by atoms with Crippen molar-refractivity contribution in [3.05, 3.63) is 47.7 Å². The first-order chi connectivity index (χ1) is 14.2. The summed E-state index contributed by atoms with van der Waals surface area (Å²) in [5.74, 6) is 2.93. The standard InChI is InChI=1S/C23H31N3O3/c1-28-20-9-7-18(8-10-20)14-21-15-24-23(29-21)19-6-5-13-26(16-19)22(27)17-25-11-3-2-4-12-25/h7-10,15,19H,2-6,11-14,16-17H2,1H3. The maximum atomic E-state index is 12.8. The van der Waals surface area contributed by atoms with Gasteiger partial charge < -0.3 is 14.1 Å². The second-order valence-corrected chi connectivity index (χ2v) is 8.21. The number of aromatic nitrogens is 1. The van der Waals surface area contributed by atoms with Crippen LogP contribution in [0.25, 0.3) is 0 Å². The number of carbonyl (C=O) groups is 1. The number of amides is 1. The summed E-state index contributed by atoms with van der Waals surface area (Å²) in [5.41, 5.74) is 1.16. The van der Waals surface area contributed by atoms with E-state index in [1.54, 1.807) is 7.11 Å². The molecule has 3 heterocycles. The molecule has 1 unspecified atom stereocenters. The number of hydrogen-bond acceptors (Lipinski definition) is 5. The monoisotopic (exact) mass is 397 g/mol. The van der Waals surface area contributed by atoms with E-state index in [0.29, 0.717) is 13.0 Å². The van der Waals surface area contributed by atoms with E-state index in [4.69, 9.17) is 9.15 Å². The normalized spacial score (nSPS) is 20.6. The first-order valence-electron chi connectivity index (χ1n) is 10.8. The molecular weight excluding hydrogens is 366 g/mol. The first kappa shape index (κ1) is 20.0. The van der Waals surface area contributed by atoms with Crippen LogP contribution in [0, 0.1) is 0 Å². The molecule has 6 heteroatoms. The molecule has 0 bridgehead atoms. The number of nitrogens with zero attached hydrogens (tertiary/aromatic N) is 3. The lowest BCUT2D eigenvalue weighted by Crippen LogP contribution is -2.45. The number of likely N-dealkylation sites (tertiary alicyclic amines) is 2. The van der Waals surface area contributed by atoms with Crippen molar-refractivity contribution in [1.29, 1.82) is 0 Å². The Bertz CT molecular complexity index is 796. The van der Waals surface area contributed by atoms with Gasteiger partial charge in [-0.2, -0.15) is 0 Å². The van der Waals surface area contributed by atoms with E-state index in [-0.39, 0.29) is 11.8 Å². The fraction of sp³-hybridized carbons (Fsp3) is 0.565. The van der Waals surface area contributed by atoms with Crippen LogP contribution in [-0.2, 0) is 11.2 Å². The first-order valence-corrected chi connectivity index (χ1v) is 10.8. The van der Waals surface area contributed by atoms with Crippen molar-refractivity contribution in [2.75, 3.05) is 39.8 Å². The summed E-state index contributed by atoms with van der Waals surface area (Å²) in [5, 5.41) is 0. The maximum Gasteiger partial charge on any atom is 0.236 e. The lowest BCUT2D eigenvalue weighted by molar-refractivity contribution is -0.134. The molecule has 0 saturated carbocycles. The second kappa shape index (κ2) is 9.44. The van der Waals surface area contributed by atoms with Crippen LogP contribution >= 0.6 is 0 Å². The summed E-state index contributed by atoms with van der Waals surface area (Å²) in [7, 11) is 1.67. The quantitative estimate of drug-likeness (QED) is 0.747. The number of benzene rings is 1. The van der Waals surface area contributed by atoms with Gasteiger partial charge in [0.25, 0.3) is 0 Å². The summed E-state index contributed by atoms with van der Waals surface area (Å²) < 4.78 is 11.3. The van der Waals surface area contributed by atoms with Crippen LogP contribution in [0.15, 0.2) is 34.9 Å². The molecule has 1 atom stereocenters. The SMILES string of the molecule is COc1ccc(Cc2cnc(C3CCCN(C(=O)CN4CCCCC4)C3)o2)cc1. The van der Waals surface area contributed by atoms with Crippen LogP contribution in [-0.4, -0.2) is 60.5 Å². The van der Waals surface area contributed by atoms with Crippen LogP contribution in [0.4, 0.5) is 0 Å². The summed E-state index contributed by atoms with van der Waals surface area (Å²) in [4.78, 5) is 21.6. The Kier molecular flexibility index (Phi) is 6.49. The minimum absolute atomic E-state index is 0.193. The van der Waals surface area contributed by atoms with Gasteiger partial charge in [-0.3, -0.25) is 9.69 Å². The summed E-state index contributed by atoms with van der Waals surface area (Å²) >= 11 is 0. The summed E-state index contributed by atoms with van der Waals surface area (Å²) in [6.07, 6.45) is 8.28. The van der Waals surface area contributed by atoms with E-state index in [1.165, 1.54) is 19.3 Å². The third-order valence-electron chi connectivity index (χ3n) is 6.04. The zero-order valence-electron chi connectivity index (χ0n) is 17.3. The molecule has 0 N–H and O–H groups in total. The smallest absolute Gasteiger partial charge is 0.236 e. The van der Waals surface area contributed by atoms with Crippen LogP contribution in [0.2, 0.25) is 0 Å². The van der Waals surface area contributed by atoms with E-state index in [1.807, 2.05) is 35.4 Å². The average Bonchev–Trinajstić information content (AvgIpc) is 3.24. The van der Waals surface area contributed by atoms with Gasteiger partial charge in [-0.25, -0.2) is 4.98 Å². The minimum Gasteiger partial charge on any atom is -0.497 e. The Morgan fingerprint density at radius 1 is 1.14 bits per heavy atom. The van der Waals surface area contributed by atoms with Gasteiger partial charge in [0.1, 0.15) is 11.5 Å². The van der Waals surface area contributed by atoms with Gasteiger partial charge in [-0.05, 0) is 56.5 Å². The van der Waals surface area contributed by atoms with E-state index in [2.05, 4.69) is 9.88 Å². The molecule has 29 heavy (non-hydrogen) atoms. The molecule has 2 aliphatic heterocycles. The third kappa shape index (κ3) is 5.18. The fourth-order valence-electron chi connectivity index (χ4n) is 4.35. The largest absolute Gasteiger partial charge is 0.497 e. The highest BCUT2D eigenvalue weighted by atomic mass is 16.5. The molecule has 1 aromatic carbocycles. The molecule has 156 valence electrons. The lowest BCUT2D eigenvalue weighted by atomic mass is 9.98. The number of hydrogen-bond donors (Lipinski definition) is 0. The topological polar surface area (TPSA) is 58.8 Å². The maximum absolute atomic E-state index is 12.8. The number of ether oxygens (including phenoxy) is 1. The van der Waals surface area contributed by atoms with E-state index < -0.39 is 0 Å². The molecule has 1 amide bonds. The van der Waals surface area contributed by atoms with Crippen LogP contribution in [0.3, 0.4) is 0 Å². The van der Waals surface area contributed by atoms with Crippen molar-refractivity contribution < 1.29 is 13.9 Å². The van der Waals surface area contributed by atoms with Crippen molar-refractivity contribution in [3.63, 3.8) is 0 Å². The number of methoxy groups -OCH3 is 1. The zero-order chi connectivity index (χ0) is 20.1. The number of piperidine rings is 2. The van der Waals surface area contributed by atoms with Crippen LogP contribution in [0.5, 0.6) is 5.75 Å². The molecule has 6 nitrogen and oxygen atoms in total. The predicted octanol–water partition coefficient (Wildman–Crippen LogP) is 3.47. The van der Waals surface area contributed by atoms with Gasteiger partial charge >= 0.3 is 0 Å². The summed E-state index contributed by atoms with van der Waals surface area (Å²) in [6.45, 7) is 4.23. The fourth-order valence-corrected chi connectivity index (χ4v) is 4.35. The Balaban J connectivity index is 1.33. The Hall–Kier alpha value is -2.34. The average molecular weight is 398 g/mol. The Morgan fingerprint density at radius 2 is 1.93 bits per heavy atom. The van der Waals surface area contributed by atoms with Gasteiger partial charge in [0.15, 0.2) is 5.89 Å². The highest BCUT2D eigenvalue weighted by Crippen LogP contribution is 2.27. The molecule has 0 aliphatic carbocycles. The van der Waals surface area contributed by atoms with Crippen molar-refractivity contribution in [3.8, 4) is 5.75 Å². The Morgan fingerprint density at radius 3 is 2.69 bits per heavy atom. The van der Waals surface area contributed by atoms with Crippen LogP contribution in [0.1, 0.15) is 55.2 Å². The van der Waals surface area contributed by atoms with Crippen molar-refractivity contribution in [2.24, 2.45) is 0 Å². The molecule has 0 radical (unpaired) electrons. The van der Waals surface area contributed by atoms with Crippen LogP contribution < -0.4 is 4.74 Å². The number of carbonyl (C=O) groups excluding carboxylic acids is 1. The predicted molar refractivity (Wildman–Crippen MR) is 111 cm³/mol. The van der Waals surface area contributed by atoms with Gasteiger partial charge in [0.05, 0.1) is 25.8 Å². The number of rotatable bonds is 6. The van der Waals surface area contributed by atoms with E-state index >= 15 is 0 Å². The minimum atomic E-state index is 0.193. The van der Waals surface area contributed by atoms with Gasteiger partial charge in [-0.1, -0.05) is 18.6 Å². The molecule has 0 spiro atoms. The molecule has 4 rings (SSSR count). The highest BCUT2D eigenvalue weighted by molar-refractivity contribution is 5.78. The van der Waals surface area contributed by atoms with Crippen molar-refractivity contribution in [1.82, 2.24) is 14.8 Å². The lowest BCUT2D eigenvalue weighted by Gasteiger charge is -2.34. The van der Waals surface area contributed by atoms with Gasteiger partial charge in [0.2, 0.25) is 5.91 Å².